The van der Waals surface area contributed by atoms with Gasteiger partial charge in [-0.2, -0.15) is 13.2 Å². The molecule has 0 bridgehead atoms. The fourth-order valence-electron chi connectivity index (χ4n) is 3.08. The molecule has 1 N–H and O–H groups in total. The van der Waals surface area contributed by atoms with Crippen molar-refractivity contribution < 1.29 is 18.0 Å². The van der Waals surface area contributed by atoms with Crippen LogP contribution in [0.1, 0.15) is 29.2 Å². The van der Waals surface area contributed by atoms with Crippen molar-refractivity contribution in [3.8, 4) is 0 Å². The molecule has 0 atom stereocenters. The summed E-state index contributed by atoms with van der Waals surface area (Å²) in [7, 11) is 0. The number of nitrogens with zero attached hydrogens (tertiary/aromatic N) is 1. The lowest BCUT2D eigenvalue weighted by molar-refractivity contribution is -0.137. The topological polar surface area (TPSA) is 32.3 Å². The van der Waals surface area contributed by atoms with Crippen LogP contribution in [0.15, 0.2) is 41.8 Å². The van der Waals surface area contributed by atoms with E-state index < -0.39 is 11.7 Å². The molecule has 1 aliphatic heterocycles. The van der Waals surface area contributed by atoms with Crippen molar-refractivity contribution in [3.63, 3.8) is 0 Å². The molecule has 25 heavy (non-hydrogen) atoms. The Balaban J connectivity index is 1.50. The van der Waals surface area contributed by atoms with Gasteiger partial charge in [0.1, 0.15) is 0 Å². The van der Waals surface area contributed by atoms with Crippen LogP contribution in [0.4, 0.5) is 18.9 Å². The van der Waals surface area contributed by atoms with Crippen LogP contribution in [-0.4, -0.2) is 30.4 Å². The first kappa shape index (κ1) is 17.9. The van der Waals surface area contributed by atoms with Crippen molar-refractivity contribution in [2.45, 2.75) is 24.9 Å². The number of likely N-dealkylation sites (tertiary alicyclic amines) is 1. The third-order valence-corrected chi connectivity index (χ3v) is 5.41. The van der Waals surface area contributed by atoms with E-state index >= 15 is 0 Å². The van der Waals surface area contributed by atoms with Crippen LogP contribution in [0.5, 0.6) is 0 Å². The molecular weight excluding hydrogens is 349 g/mol. The van der Waals surface area contributed by atoms with Crippen molar-refractivity contribution in [2.75, 3.05) is 25.0 Å². The van der Waals surface area contributed by atoms with Crippen LogP contribution in [0.25, 0.3) is 0 Å². The molecule has 2 heterocycles. The number of carbonyl (C=O) groups is 1. The van der Waals surface area contributed by atoms with Gasteiger partial charge in [0.15, 0.2) is 0 Å². The summed E-state index contributed by atoms with van der Waals surface area (Å²) in [6, 6.07) is 8.91. The van der Waals surface area contributed by atoms with Crippen LogP contribution < -0.4 is 5.32 Å². The van der Waals surface area contributed by atoms with E-state index in [0.29, 0.717) is 5.92 Å². The molecule has 0 aliphatic carbocycles. The number of alkyl halides is 3. The quantitative estimate of drug-likeness (QED) is 0.856. The Morgan fingerprint density at radius 1 is 1.20 bits per heavy atom. The van der Waals surface area contributed by atoms with E-state index in [2.05, 4.69) is 22.8 Å². The molecule has 3 nitrogen and oxygen atoms in total. The molecule has 134 valence electrons. The number of anilines is 1. The van der Waals surface area contributed by atoms with Gasteiger partial charge in [-0.3, -0.25) is 9.69 Å². The number of nitrogens with one attached hydrogen (secondary N) is 1. The predicted octanol–water partition coefficient (Wildman–Crippen LogP) is 4.59. The molecule has 1 saturated heterocycles. The van der Waals surface area contributed by atoms with Gasteiger partial charge in [-0.25, -0.2) is 0 Å². The molecule has 1 amide bonds. The van der Waals surface area contributed by atoms with Gasteiger partial charge in [0, 0.05) is 10.6 Å². The summed E-state index contributed by atoms with van der Waals surface area (Å²) >= 11 is 1.76. The average molecular weight is 368 g/mol. The monoisotopic (exact) mass is 368 g/mol. The third kappa shape index (κ3) is 4.83. The summed E-state index contributed by atoms with van der Waals surface area (Å²) in [5.41, 5.74) is -0.588. The zero-order valence-electron chi connectivity index (χ0n) is 13.6. The number of thiophene rings is 1. The van der Waals surface area contributed by atoms with Crippen LogP contribution in [0.2, 0.25) is 0 Å². The number of carbonyl (C=O) groups excluding carboxylic acids is 1. The molecule has 0 radical (unpaired) electrons. The van der Waals surface area contributed by atoms with E-state index in [1.54, 1.807) is 11.3 Å². The van der Waals surface area contributed by atoms with Gasteiger partial charge < -0.3 is 5.32 Å². The second kappa shape index (κ2) is 7.58. The normalized spacial score (nSPS) is 16.8. The fraction of sp³-hybridized carbons (Fsp3) is 0.389. The van der Waals surface area contributed by atoms with Crippen LogP contribution >= 0.6 is 11.3 Å². The van der Waals surface area contributed by atoms with Crippen LogP contribution in [0.3, 0.4) is 0 Å². The van der Waals surface area contributed by atoms with E-state index in [-0.39, 0.29) is 18.1 Å². The third-order valence-electron chi connectivity index (χ3n) is 4.37. The lowest BCUT2D eigenvalue weighted by Crippen LogP contribution is -2.38. The van der Waals surface area contributed by atoms with E-state index in [9.17, 15) is 18.0 Å². The molecule has 0 unspecified atom stereocenters. The largest absolute Gasteiger partial charge is 0.416 e. The lowest BCUT2D eigenvalue weighted by Gasteiger charge is -2.31. The maximum absolute atomic E-state index is 12.7. The van der Waals surface area contributed by atoms with Gasteiger partial charge in [0.2, 0.25) is 5.91 Å². The van der Waals surface area contributed by atoms with E-state index in [0.717, 1.165) is 38.1 Å². The van der Waals surface area contributed by atoms with E-state index in [1.807, 2.05) is 4.90 Å². The van der Waals surface area contributed by atoms with Crippen molar-refractivity contribution in [1.29, 1.82) is 0 Å². The molecule has 1 aliphatic rings. The summed E-state index contributed by atoms with van der Waals surface area (Å²) in [6.07, 6.45) is -2.42. The molecule has 3 rings (SSSR count). The Bertz CT molecular complexity index is 707. The Labute approximate surface area is 148 Å². The molecular formula is C18H19F3N2OS. The lowest BCUT2D eigenvalue weighted by atomic mass is 9.95. The van der Waals surface area contributed by atoms with E-state index in [4.69, 9.17) is 0 Å². The minimum Gasteiger partial charge on any atom is -0.325 e. The van der Waals surface area contributed by atoms with Crippen molar-refractivity contribution in [3.05, 3.63) is 52.2 Å². The second-order valence-electron chi connectivity index (χ2n) is 6.19. The second-order valence-corrected chi connectivity index (χ2v) is 7.17. The van der Waals surface area contributed by atoms with Gasteiger partial charge in [-0.15, -0.1) is 11.3 Å². The Morgan fingerprint density at radius 2 is 1.96 bits per heavy atom. The van der Waals surface area contributed by atoms with Crippen LogP contribution in [-0.2, 0) is 11.0 Å². The highest BCUT2D eigenvalue weighted by Crippen LogP contribution is 2.32. The highest BCUT2D eigenvalue weighted by molar-refractivity contribution is 7.10. The van der Waals surface area contributed by atoms with Gasteiger partial charge in [0.25, 0.3) is 0 Å². The number of amides is 1. The Hall–Kier alpha value is -1.86. The molecule has 7 heteroatoms. The summed E-state index contributed by atoms with van der Waals surface area (Å²) < 4.78 is 38.1. The van der Waals surface area contributed by atoms with Crippen molar-refractivity contribution in [2.24, 2.45) is 0 Å². The Morgan fingerprint density at radius 3 is 2.60 bits per heavy atom. The molecule has 2 aromatic rings. The number of rotatable bonds is 4. The fourth-order valence-corrected chi connectivity index (χ4v) is 3.98. The zero-order chi connectivity index (χ0) is 17.9. The first-order chi connectivity index (χ1) is 11.9. The first-order valence-corrected chi connectivity index (χ1v) is 9.02. The minimum atomic E-state index is -4.41. The minimum absolute atomic E-state index is 0.174. The standard InChI is InChI=1S/C18H19F3N2OS/c19-18(20,21)14-3-1-4-15(11-14)22-17(24)12-23-8-6-13(7-9-23)16-5-2-10-25-16/h1-5,10-11,13H,6-9,12H2,(H,22,24). The number of benzene rings is 1. The van der Waals surface area contributed by atoms with Gasteiger partial charge in [0.05, 0.1) is 12.1 Å². The molecule has 1 fully saturated rings. The highest BCUT2D eigenvalue weighted by atomic mass is 32.1. The Kier molecular flexibility index (Phi) is 5.44. The number of piperidine rings is 1. The summed E-state index contributed by atoms with van der Waals surface area (Å²) in [6.45, 7) is 1.84. The maximum Gasteiger partial charge on any atom is 0.416 e. The molecule has 0 spiro atoms. The maximum atomic E-state index is 12.7. The number of halogens is 3. The highest BCUT2D eigenvalue weighted by Gasteiger charge is 2.30. The zero-order valence-corrected chi connectivity index (χ0v) is 14.4. The first-order valence-electron chi connectivity index (χ1n) is 8.15. The van der Waals surface area contributed by atoms with Gasteiger partial charge in [-0.05, 0) is 61.5 Å². The predicted molar refractivity (Wildman–Crippen MR) is 92.8 cm³/mol. The van der Waals surface area contributed by atoms with Crippen molar-refractivity contribution in [1.82, 2.24) is 4.90 Å². The smallest absolute Gasteiger partial charge is 0.325 e. The molecule has 1 aromatic heterocycles. The van der Waals surface area contributed by atoms with E-state index in [1.165, 1.54) is 17.0 Å². The van der Waals surface area contributed by atoms with Crippen LogP contribution in [0, 0.1) is 0 Å². The summed E-state index contributed by atoms with van der Waals surface area (Å²) in [5.74, 6) is 0.261. The molecule has 0 saturated carbocycles. The molecule has 1 aromatic carbocycles. The average Bonchev–Trinajstić information content (AvgIpc) is 3.09. The summed E-state index contributed by atoms with van der Waals surface area (Å²) in [4.78, 5) is 15.6. The van der Waals surface area contributed by atoms with Crippen molar-refractivity contribution >= 4 is 22.9 Å². The summed E-state index contributed by atoms with van der Waals surface area (Å²) in [5, 5.41) is 4.64. The number of hydrogen-bond donors (Lipinski definition) is 1. The van der Waals surface area contributed by atoms with Gasteiger partial charge in [-0.1, -0.05) is 12.1 Å². The van der Waals surface area contributed by atoms with Gasteiger partial charge >= 0.3 is 6.18 Å². The number of hydrogen-bond acceptors (Lipinski definition) is 3. The SMILES string of the molecule is O=C(CN1CCC(c2cccs2)CC1)Nc1cccc(C(F)(F)F)c1.